The molecule has 3 heterocycles. The number of nitrogens with zero attached hydrogens (tertiary/aromatic N) is 2. The van der Waals surface area contributed by atoms with Crippen LogP contribution in [-0.4, -0.2) is 67.9 Å². The Bertz CT molecular complexity index is 1180. The van der Waals surface area contributed by atoms with Gasteiger partial charge in [0, 0.05) is 56.1 Å². The minimum atomic E-state index is -0.251. The van der Waals surface area contributed by atoms with E-state index >= 15 is 0 Å². The molecule has 5 rings (SSSR count). The van der Waals surface area contributed by atoms with Crippen LogP contribution in [0.15, 0.2) is 59.2 Å². The molecule has 2 aliphatic rings. The van der Waals surface area contributed by atoms with Crippen LogP contribution < -0.4 is 16.0 Å². The Kier molecular flexibility index (Phi) is 6.83. The highest BCUT2D eigenvalue weighted by atomic mass is 16.3. The van der Waals surface area contributed by atoms with E-state index in [1.54, 1.807) is 24.5 Å². The van der Waals surface area contributed by atoms with Crippen molar-refractivity contribution in [2.75, 3.05) is 56.9 Å². The van der Waals surface area contributed by atoms with Crippen LogP contribution in [0.1, 0.15) is 32.7 Å². The number of hydrogen-bond acceptors (Lipinski definition) is 6. The monoisotopic (exact) mass is 473 g/mol. The second kappa shape index (κ2) is 10.3. The van der Waals surface area contributed by atoms with Crippen molar-refractivity contribution in [3.63, 3.8) is 0 Å². The van der Waals surface area contributed by atoms with Crippen LogP contribution in [0.3, 0.4) is 0 Å². The van der Waals surface area contributed by atoms with Gasteiger partial charge in [0.15, 0.2) is 0 Å². The first kappa shape index (κ1) is 23.1. The van der Waals surface area contributed by atoms with Gasteiger partial charge in [-0.15, -0.1) is 0 Å². The quantitative estimate of drug-likeness (QED) is 0.434. The number of piperazine rings is 1. The molecule has 8 heteroatoms. The van der Waals surface area contributed by atoms with E-state index in [-0.39, 0.29) is 11.8 Å². The van der Waals surface area contributed by atoms with Gasteiger partial charge in [0.25, 0.3) is 11.8 Å². The van der Waals surface area contributed by atoms with Crippen molar-refractivity contribution in [1.82, 2.24) is 15.1 Å². The topological polar surface area (TPSA) is 89.8 Å². The molecule has 2 aliphatic heterocycles. The lowest BCUT2D eigenvalue weighted by Crippen LogP contribution is -2.44. The first-order valence-corrected chi connectivity index (χ1v) is 12.1. The zero-order valence-electron chi connectivity index (χ0n) is 20.0. The molecule has 0 aliphatic carbocycles. The molecule has 2 amide bonds. The van der Waals surface area contributed by atoms with Gasteiger partial charge in [-0.2, -0.15) is 0 Å². The SMILES string of the molecule is CN1CCN(CCCNc2ccc(C(=O)Nc3ccc(-c4ccco4)c4c3C(=O)NC4)cc2)CC1. The first-order valence-electron chi connectivity index (χ1n) is 12.1. The highest BCUT2D eigenvalue weighted by Gasteiger charge is 2.27. The normalized spacial score (nSPS) is 16.1. The lowest BCUT2D eigenvalue weighted by atomic mass is 9.99. The fourth-order valence-electron chi connectivity index (χ4n) is 4.66. The summed E-state index contributed by atoms with van der Waals surface area (Å²) in [6.45, 7) is 6.94. The van der Waals surface area contributed by atoms with Gasteiger partial charge in [-0.25, -0.2) is 0 Å². The maximum Gasteiger partial charge on any atom is 0.255 e. The average Bonchev–Trinajstić information content (AvgIpc) is 3.54. The minimum Gasteiger partial charge on any atom is -0.464 e. The number of nitrogens with one attached hydrogen (secondary N) is 3. The lowest BCUT2D eigenvalue weighted by molar-refractivity contribution is 0.0966. The van der Waals surface area contributed by atoms with E-state index in [0.29, 0.717) is 29.1 Å². The Morgan fingerprint density at radius 3 is 2.60 bits per heavy atom. The maximum atomic E-state index is 12.9. The molecule has 1 fully saturated rings. The summed E-state index contributed by atoms with van der Waals surface area (Å²) in [5, 5.41) is 9.20. The first-order chi connectivity index (χ1) is 17.1. The maximum absolute atomic E-state index is 12.9. The van der Waals surface area contributed by atoms with E-state index < -0.39 is 0 Å². The smallest absolute Gasteiger partial charge is 0.255 e. The number of fused-ring (bicyclic) bond motifs is 1. The molecule has 0 spiro atoms. The van der Waals surface area contributed by atoms with E-state index in [0.717, 1.165) is 62.5 Å². The number of likely N-dealkylation sites (N-methyl/N-ethyl adjacent to an activating group) is 1. The Labute approximate surface area is 205 Å². The predicted octanol–water partition coefficient (Wildman–Crippen LogP) is 3.49. The molecule has 1 aromatic heterocycles. The number of anilines is 2. The van der Waals surface area contributed by atoms with Crippen LogP contribution in [0.2, 0.25) is 0 Å². The van der Waals surface area contributed by atoms with Crippen molar-refractivity contribution in [1.29, 1.82) is 0 Å². The van der Waals surface area contributed by atoms with Crippen molar-refractivity contribution in [3.8, 4) is 11.3 Å². The van der Waals surface area contributed by atoms with Crippen molar-refractivity contribution in [2.24, 2.45) is 0 Å². The summed E-state index contributed by atoms with van der Waals surface area (Å²) in [5.74, 6) is 0.251. The summed E-state index contributed by atoms with van der Waals surface area (Å²) in [7, 11) is 2.17. The summed E-state index contributed by atoms with van der Waals surface area (Å²) >= 11 is 0. The van der Waals surface area contributed by atoms with Crippen LogP contribution in [0.25, 0.3) is 11.3 Å². The largest absolute Gasteiger partial charge is 0.464 e. The number of amides is 2. The highest BCUT2D eigenvalue weighted by Crippen LogP contribution is 2.34. The van der Waals surface area contributed by atoms with Crippen molar-refractivity contribution < 1.29 is 14.0 Å². The van der Waals surface area contributed by atoms with Gasteiger partial charge < -0.3 is 30.2 Å². The second-order valence-electron chi connectivity index (χ2n) is 9.13. The Morgan fingerprint density at radius 2 is 1.86 bits per heavy atom. The zero-order valence-corrected chi connectivity index (χ0v) is 20.0. The molecular formula is C27H31N5O3. The molecule has 0 saturated carbocycles. The van der Waals surface area contributed by atoms with Crippen LogP contribution >= 0.6 is 0 Å². The third-order valence-electron chi connectivity index (χ3n) is 6.72. The molecule has 3 aromatic rings. The Balaban J connectivity index is 1.18. The van der Waals surface area contributed by atoms with Crippen molar-refractivity contribution in [3.05, 3.63) is 71.5 Å². The molecule has 1 saturated heterocycles. The van der Waals surface area contributed by atoms with Crippen molar-refractivity contribution >= 4 is 23.2 Å². The number of rotatable bonds is 8. The second-order valence-corrected chi connectivity index (χ2v) is 9.13. The number of hydrogen-bond donors (Lipinski definition) is 3. The lowest BCUT2D eigenvalue weighted by Gasteiger charge is -2.32. The summed E-state index contributed by atoms with van der Waals surface area (Å²) in [5.41, 5.74) is 4.20. The fourth-order valence-corrected chi connectivity index (χ4v) is 4.66. The standard InChI is InChI=1S/C27H31N5O3/c1-31-13-15-32(16-14-31)12-3-11-28-20-7-5-19(6-8-20)26(33)30-23-10-9-21(24-4-2-17-35-24)22-18-29-27(34)25(22)23/h2,4-10,17,28H,3,11-16,18H2,1H3,(H,29,34)(H,30,33). The molecule has 0 bridgehead atoms. The minimum absolute atomic E-state index is 0.195. The molecular weight excluding hydrogens is 442 g/mol. The Hall–Kier alpha value is -3.62. The van der Waals surface area contributed by atoms with Crippen molar-refractivity contribution in [2.45, 2.75) is 13.0 Å². The van der Waals surface area contributed by atoms with Gasteiger partial charge in [0.05, 0.1) is 17.5 Å². The van der Waals surface area contributed by atoms with E-state index in [2.05, 4.69) is 32.8 Å². The van der Waals surface area contributed by atoms with E-state index in [9.17, 15) is 9.59 Å². The van der Waals surface area contributed by atoms with E-state index in [1.165, 1.54) is 0 Å². The summed E-state index contributed by atoms with van der Waals surface area (Å²) < 4.78 is 5.51. The number of carbonyl (C=O) groups is 2. The molecule has 0 atom stereocenters. The average molecular weight is 474 g/mol. The van der Waals surface area contributed by atoms with Gasteiger partial charge in [0.1, 0.15) is 5.76 Å². The molecule has 2 aromatic carbocycles. The third-order valence-corrected chi connectivity index (χ3v) is 6.72. The third kappa shape index (κ3) is 5.23. The summed E-state index contributed by atoms with van der Waals surface area (Å²) in [6, 6.07) is 14.7. The van der Waals surface area contributed by atoms with E-state index in [4.69, 9.17) is 4.42 Å². The molecule has 0 unspecified atom stereocenters. The fraction of sp³-hybridized carbons (Fsp3) is 0.333. The molecule has 35 heavy (non-hydrogen) atoms. The van der Waals surface area contributed by atoms with Gasteiger partial charge in [-0.05, 0) is 74.1 Å². The van der Waals surface area contributed by atoms with Crippen LogP contribution in [0.4, 0.5) is 11.4 Å². The highest BCUT2D eigenvalue weighted by molar-refractivity contribution is 6.11. The van der Waals surface area contributed by atoms with Crippen LogP contribution in [0.5, 0.6) is 0 Å². The molecule has 3 N–H and O–H groups in total. The van der Waals surface area contributed by atoms with Gasteiger partial charge in [0.2, 0.25) is 0 Å². The van der Waals surface area contributed by atoms with Gasteiger partial charge >= 0.3 is 0 Å². The van der Waals surface area contributed by atoms with Gasteiger partial charge in [-0.3, -0.25) is 9.59 Å². The summed E-state index contributed by atoms with van der Waals surface area (Å²) in [4.78, 5) is 30.3. The van der Waals surface area contributed by atoms with Crippen LogP contribution in [-0.2, 0) is 6.54 Å². The van der Waals surface area contributed by atoms with Gasteiger partial charge in [-0.1, -0.05) is 0 Å². The zero-order chi connectivity index (χ0) is 24.2. The molecule has 8 nitrogen and oxygen atoms in total. The molecule has 182 valence electrons. The number of furan rings is 1. The predicted molar refractivity (Wildman–Crippen MR) is 137 cm³/mol. The van der Waals surface area contributed by atoms with Crippen LogP contribution in [0, 0.1) is 0 Å². The summed E-state index contributed by atoms with van der Waals surface area (Å²) in [6.07, 6.45) is 2.68. The Morgan fingerprint density at radius 1 is 1.06 bits per heavy atom. The van der Waals surface area contributed by atoms with E-state index in [1.807, 2.05) is 30.3 Å². The number of benzene rings is 2. The molecule has 0 radical (unpaired) electrons. The number of carbonyl (C=O) groups excluding carboxylic acids is 2.